The van der Waals surface area contributed by atoms with Gasteiger partial charge >= 0.3 is 0 Å². The fourth-order valence-corrected chi connectivity index (χ4v) is 1.85. The maximum Gasteiger partial charge on any atom is 0.238 e. The Kier molecular flexibility index (Phi) is 2.82. The first-order valence-corrected chi connectivity index (χ1v) is 5.85. The molecule has 0 atom stereocenters. The third kappa shape index (κ3) is 2.13. The van der Waals surface area contributed by atoms with Gasteiger partial charge in [0, 0.05) is 0 Å². The van der Waals surface area contributed by atoms with Crippen LogP contribution in [0.15, 0.2) is 54.7 Å². The SMILES string of the molecule is Clc1cccc2ncc(Oc3ccccc3)nc12. The van der Waals surface area contributed by atoms with Crippen LogP contribution in [-0.4, -0.2) is 9.97 Å². The van der Waals surface area contributed by atoms with E-state index in [0.29, 0.717) is 16.4 Å². The van der Waals surface area contributed by atoms with Crippen LogP contribution in [-0.2, 0) is 0 Å². The maximum absolute atomic E-state index is 6.07. The van der Waals surface area contributed by atoms with Crippen LogP contribution in [0.3, 0.4) is 0 Å². The fraction of sp³-hybridized carbons (Fsp3) is 0. The molecular formula is C14H9ClN2O. The Morgan fingerprint density at radius 3 is 2.61 bits per heavy atom. The van der Waals surface area contributed by atoms with Gasteiger partial charge in [0.15, 0.2) is 0 Å². The number of rotatable bonds is 2. The van der Waals surface area contributed by atoms with E-state index in [9.17, 15) is 0 Å². The molecule has 0 amide bonds. The average molecular weight is 257 g/mol. The van der Waals surface area contributed by atoms with Crippen LogP contribution in [0, 0.1) is 0 Å². The van der Waals surface area contributed by atoms with E-state index in [2.05, 4.69) is 9.97 Å². The predicted molar refractivity (Wildman–Crippen MR) is 71.1 cm³/mol. The zero-order valence-corrected chi connectivity index (χ0v) is 10.1. The third-order valence-electron chi connectivity index (χ3n) is 2.47. The quantitative estimate of drug-likeness (QED) is 0.693. The number of ether oxygens (including phenoxy) is 1. The number of halogens is 1. The summed E-state index contributed by atoms with van der Waals surface area (Å²) in [6.07, 6.45) is 1.59. The van der Waals surface area contributed by atoms with E-state index in [0.717, 1.165) is 11.3 Å². The van der Waals surface area contributed by atoms with Crippen molar-refractivity contribution < 1.29 is 4.74 Å². The Balaban J connectivity index is 2.01. The molecule has 0 saturated carbocycles. The highest BCUT2D eigenvalue weighted by molar-refractivity contribution is 6.34. The van der Waals surface area contributed by atoms with Crippen LogP contribution in [0.25, 0.3) is 11.0 Å². The molecule has 4 heteroatoms. The maximum atomic E-state index is 6.07. The van der Waals surface area contributed by atoms with Crippen molar-refractivity contribution in [2.45, 2.75) is 0 Å². The van der Waals surface area contributed by atoms with Crippen LogP contribution in [0.2, 0.25) is 5.02 Å². The van der Waals surface area contributed by atoms with Gasteiger partial charge in [0.1, 0.15) is 11.3 Å². The molecule has 0 aliphatic heterocycles. The summed E-state index contributed by atoms with van der Waals surface area (Å²) in [5, 5.41) is 0.568. The summed E-state index contributed by atoms with van der Waals surface area (Å²) < 4.78 is 5.61. The second-order valence-corrected chi connectivity index (χ2v) is 4.14. The first-order valence-electron chi connectivity index (χ1n) is 5.47. The largest absolute Gasteiger partial charge is 0.437 e. The highest BCUT2D eigenvalue weighted by Gasteiger charge is 2.04. The van der Waals surface area contributed by atoms with Gasteiger partial charge in [-0.25, -0.2) is 9.97 Å². The second kappa shape index (κ2) is 4.63. The summed E-state index contributed by atoms with van der Waals surface area (Å²) in [7, 11) is 0. The molecular weight excluding hydrogens is 248 g/mol. The lowest BCUT2D eigenvalue weighted by molar-refractivity contribution is 0.463. The standard InChI is InChI=1S/C14H9ClN2O/c15-11-7-4-8-12-14(11)17-13(9-16-12)18-10-5-2-1-3-6-10/h1-9H. The fourth-order valence-electron chi connectivity index (χ4n) is 1.64. The molecule has 3 rings (SSSR count). The van der Waals surface area contributed by atoms with Crippen LogP contribution >= 0.6 is 11.6 Å². The van der Waals surface area contributed by atoms with Gasteiger partial charge in [-0.2, -0.15) is 0 Å². The molecule has 0 saturated heterocycles. The van der Waals surface area contributed by atoms with Crippen molar-refractivity contribution >= 4 is 22.6 Å². The van der Waals surface area contributed by atoms with E-state index in [1.165, 1.54) is 0 Å². The van der Waals surface area contributed by atoms with Gasteiger partial charge in [0.05, 0.1) is 16.7 Å². The van der Waals surface area contributed by atoms with E-state index < -0.39 is 0 Å². The van der Waals surface area contributed by atoms with Crippen LogP contribution in [0.4, 0.5) is 0 Å². The lowest BCUT2D eigenvalue weighted by atomic mass is 10.3. The molecule has 0 fully saturated rings. The highest BCUT2D eigenvalue weighted by atomic mass is 35.5. The van der Waals surface area contributed by atoms with Crippen molar-refractivity contribution in [1.29, 1.82) is 0 Å². The summed E-state index contributed by atoms with van der Waals surface area (Å²) in [6.45, 7) is 0. The normalized spacial score (nSPS) is 10.5. The Labute approximate surface area is 109 Å². The first-order chi connectivity index (χ1) is 8.83. The molecule has 0 aliphatic rings. The number of fused-ring (bicyclic) bond motifs is 1. The zero-order chi connectivity index (χ0) is 12.4. The summed E-state index contributed by atoms with van der Waals surface area (Å²) in [4.78, 5) is 8.62. The lowest BCUT2D eigenvalue weighted by Gasteiger charge is -2.05. The Bertz CT molecular complexity index is 686. The average Bonchev–Trinajstić information content (AvgIpc) is 2.41. The van der Waals surface area contributed by atoms with Gasteiger partial charge in [-0.05, 0) is 24.3 Å². The van der Waals surface area contributed by atoms with Crippen LogP contribution < -0.4 is 4.74 Å². The van der Waals surface area contributed by atoms with E-state index in [1.807, 2.05) is 42.5 Å². The van der Waals surface area contributed by atoms with Gasteiger partial charge < -0.3 is 4.74 Å². The molecule has 0 N–H and O–H groups in total. The Morgan fingerprint density at radius 2 is 1.78 bits per heavy atom. The highest BCUT2D eigenvalue weighted by Crippen LogP contribution is 2.24. The Hall–Kier alpha value is -2.13. The molecule has 3 nitrogen and oxygen atoms in total. The summed E-state index contributed by atoms with van der Waals surface area (Å²) >= 11 is 6.07. The van der Waals surface area contributed by atoms with Gasteiger partial charge in [-0.15, -0.1) is 0 Å². The second-order valence-electron chi connectivity index (χ2n) is 3.73. The minimum atomic E-state index is 0.432. The Morgan fingerprint density at radius 1 is 0.944 bits per heavy atom. The number of benzene rings is 2. The molecule has 3 aromatic rings. The van der Waals surface area contributed by atoms with Gasteiger partial charge in [-0.3, -0.25) is 0 Å². The number of hydrogen-bond donors (Lipinski definition) is 0. The van der Waals surface area contributed by atoms with Crippen LogP contribution in [0.1, 0.15) is 0 Å². The minimum Gasteiger partial charge on any atom is -0.437 e. The predicted octanol–water partition coefficient (Wildman–Crippen LogP) is 4.08. The van der Waals surface area contributed by atoms with E-state index in [-0.39, 0.29) is 0 Å². The lowest BCUT2D eigenvalue weighted by Crippen LogP contribution is -1.91. The number of hydrogen-bond acceptors (Lipinski definition) is 3. The molecule has 0 unspecified atom stereocenters. The van der Waals surface area contributed by atoms with Gasteiger partial charge in [0.25, 0.3) is 0 Å². The molecule has 2 aromatic carbocycles. The molecule has 0 aliphatic carbocycles. The first kappa shape index (κ1) is 11.0. The van der Waals surface area contributed by atoms with E-state index >= 15 is 0 Å². The summed E-state index contributed by atoms with van der Waals surface area (Å²) in [5.74, 6) is 1.15. The smallest absolute Gasteiger partial charge is 0.238 e. The van der Waals surface area contributed by atoms with Crippen molar-refractivity contribution in [2.24, 2.45) is 0 Å². The van der Waals surface area contributed by atoms with Crippen molar-refractivity contribution in [3.63, 3.8) is 0 Å². The number of para-hydroxylation sites is 2. The minimum absolute atomic E-state index is 0.432. The molecule has 0 radical (unpaired) electrons. The van der Waals surface area contributed by atoms with Crippen LogP contribution in [0.5, 0.6) is 11.6 Å². The van der Waals surface area contributed by atoms with Crippen molar-refractivity contribution in [2.75, 3.05) is 0 Å². The number of nitrogens with zero attached hydrogens (tertiary/aromatic N) is 2. The molecule has 0 bridgehead atoms. The van der Waals surface area contributed by atoms with Gasteiger partial charge in [-0.1, -0.05) is 35.9 Å². The van der Waals surface area contributed by atoms with Crippen molar-refractivity contribution in [3.8, 4) is 11.6 Å². The molecule has 88 valence electrons. The molecule has 18 heavy (non-hydrogen) atoms. The zero-order valence-electron chi connectivity index (χ0n) is 9.38. The van der Waals surface area contributed by atoms with Gasteiger partial charge in [0.2, 0.25) is 5.88 Å². The van der Waals surface area contributed by atoms with E-state index in [4.69, 9.17) is 16.3 Å². The molecule has 1 aromatic heterocycles. The molecule has 1 heterocycles. The topological polar surface area (TPSA) is 35.0 Å². The van der Waals surface area contributed by atoms with E-state index in [1.54, 1.807) is 12.3 Å². The van der Waals surface area contributed by atoms with Crippen molar-refractivity contribution in [3.05, 3.63) is 59.8 Å². The monoisotopic (exact) mass is 256 g/mol. The molecule has 0 spiro atoms. The number of aromatic nitrogens is 2. The summed E-state index contributed by atoms with van der Waals surface area (Å²) in [5.41, 5.74) is 1.40. The third-order valence-corrected chi connectivity index (χ3v) is 2.77. The van der Waals surface area contributed by atoms with Crippen molar-refractivity contribution in [1.82, 2.24) is 9.97 Å². The summed E-state index contributed by atoms with van der Waals surface area (Å²) in [6, 6.07) is 14.9.